The van der Waals surface area contributed by atoms with E-state index >= 15 is 0 Å². The third-order valence-electron chi connectivity index (χ3n) is 4.38. The van der Waals surface area contributed by atoms with Gasteiger partial charge in [0, 0.05) is 24.5 Å². The SMILES string of the molecule is O=C(Cc1cnn(-c2ccccc2)c1)NCCc1ccc2[nH]ccc2c1. The van der Waals surface area contributed by atoms with E-state index in [4.69, 9.17) is 0 Å². The van der Waals surface area contributed by atoms with E-state index in [1.54, 1.807) is 10.9 Å². The largest absolute Gasteiger partial charge is 0.361 e. The Bertz CT molecular complexity index is 1020. The smallest absolute Gasteiger partial charge is 0.224 e. The summed E-state index contributed by atoms with van der Waals surface area (Å²) in [5.74, 6) is 0.0142. The second-order valence-corrected chi connectivity index (χ2v) is 6.30. The van der Waals surface area contributed by atoms with Crippen LogP contribution in [-0.2, 0) is 17.6 Å². The maximum absolute atomic E-state index is 12.2. The second kappa shape index (κ2) is 7.27. The molecule has 0 atom stereocenters. The third-order valence-corrected chi connectivity index (χ3v) is 4.38. The van der Waals surface area contributed by atoms with Crippen molar-refractivity contribution in [3.05, 3.63) is 84.3 Å². The van der Waals surface area contributed by atoms with Crippen molar-refractivity contribution in [2.45, 2.75) is 12.8 Å². The first kappa shape index (κ1) is 16.1. The zero-order valence-corrected chi connectivity index (χ0v) is 14.4. The summed E-state index contributed by atoms with van der Waals surface area (Å²) >= 11 is 0. The van der Waals surface area contributed by atoms with Crippen LogP contribution >= 0.6 is 0 Å². The number of amides is 1. The molecule has 0 spiro atoms. The van der Waals surface area contributed by atoms with Crippen molar-refractivity contribution < 1.29 is 4.79 Å². The lowest BCUT2D eigenvalue weighted by Gasteiger charge is -2.05. The predicted molar refractivity (Wildman–Crippen MR) is 102 cm³/mol. The quantitative estimate of drug-likeness (QED) is 0.564. The predicted octanol–water partition coefficient (Wildman–Crippen LogP) is 3.26. The first-order valence-electron chi connectivity index (χ1n) is 8.70. The first-order chi connectivity index (χ1) is 12.8. The molecule has 0 unspecified atom stereocenters. The second-order valence-electron chi connectivity index (χ2n) is 6.30. The van der Waals surface area contributed by atoms with Gasteiger partial charge in [-0.05, 0) is 53.3 Å². The normalized spacial score (nSPS) is 10.9. The van der Waals surface area contributed by atoms with E-state index in [9.17, 15) is 4.79 Å². The molecule has 0 radical (unpaired) electrons. The lowest BCUT2D eigenvalue weighted by atomic mass is 10.1. The van der Waals surface area contributed by atoms with Gasteiger partial charge in [-0.2, -0.15) is 5.10 Å². The van der Waals surface area contributed by atoms with Gasteiger partial charge in [0.05, 0.1) is 18.3 Å². The molecule has 4 aromatic rings. The van der Waals surface area contributed by atoms with Gasteiger partial charge < -0.3 is 10.3 Å². The van der Waals surface area contributed by atoms with E-state index in [0.29, 0.717) is 13.0 Å². The highest BCUT2D eigenvalue weighted by Crippen LogP contribution is 2.14. The molecule has 2 heterocycles. The average Bonchev–Trinajstić information content (AvgIpc) is 3.31. The van der Waals surface area contributed by atoms with Crippen LogP contribution < -0.4 is 5.32 Å². The molecule has 2 N–H and O–H groups in total. The van der Waals surface area contributed by atoms with Gasteiger partial charge in [-0.1, -0.05) is 24.3 Å². The molecular formula is C21H20N4O. The molecule has 4 rings (SSSR count). The lowest BCUT2D eigenvalue weighted by molar-refractivity contribution is -0.120. The minimum absolute atomic E-state index is 0.0142. The molecule has 130 valence electrons. The van der Waals surface area contributed by atoms with E-state index in [0.717, 1.165) is 23.2 Å². The van der Waals surface area contributed by atoms with Gasteiger partial charge in [-0.25, -0.2) is 4.68 Å². The molecule has 2 aromatic carbocycles. The number of aromatic amines is 1. The van der Waals surface area contributed by atoms with E-state index in [1.807, 2.05) is 42.7 Å². The summed E-state index contributed by atoms with van der Waals surface area (Å²) in [5, 5.41) is 8.51. The zero-order chi connectivity index (χ0) is 17.8. The number of hydrogen-bond acceptors (Lipinski definition) is 2. The molecule has 1 amide bonds. The van der Waals surface area contributed by atoms with Crippen LogP contribution in [0, 0.1) is 0 Å². The number of carbonyl (C=O) groups excluding carboxylic acids is 1. The van der Waals surface area contributed by atoms with E-state index in [1.165, 1.54) is 10.9 Å². The molecule has 0 aliphatic carbocycles. The standard InChI is InChI=1S/C21H20N4O/c26-21(13-17-14-24-25(15-17)19-4-2-1-3-5-19)23-10-8-16-6-7-20-18(12-16)9-11-22-20/h1-7,9,11-12,14-15,22H,8,10,13H2,(H,23,26). The Kier molecular flexibility index (Phi) is 4.51. The molecule has 0 fully saturated rings. The highest BCUT2D eigenvalue weighted by Gasteiger charge is 2.07. The van der Waals surface area contributed by atoms with Crippen LogP contribution in [0.4, 0.5) is 0 Å². The van der Waals surface area contributed by atoms with Crippen LogP contribution in [0.1, 0.15) is 11.1 Å². The van der Waals surface area contributed by atoms with Gasteiger partial charge in [0.25, 0.3) is 0 Å². The summed E-state index contributed by atoms with van der Waals surface area (Å²) in [6.07, 6.45) is 6.73. The maximum Gasteiger partial charge on any atom is 0.224 e. The van der Waals surface area contributed by atoms with Crippen LogP contribution in [0.5, 0.6) is 0 Å². The Morgan fingerprint density at radius 2 is 1.96 bits per heavy atom. The number of fused-ring (bicyclic) bond motifs is 1. The zero-order valence-electron chi connectivity index (χ0n) is 14.4. The van der Waals surface area contributed by atoms with Crippen LogP contribution in [0.3, 0.4) is 0 Å². The van der Waals surface area contributed by atoms with Crippen molar-refractivity contribution in [3.63, 3.8) is 0 Å². The van der Waals surface area contributed by atoms with Gasteiger partial charge in [-0.3, -0.25) is 4.79 Å². The van der Waals surface area contributed by atoms with Crippen molar-refractivity contribution >= 4 is 16.8 Å². The number of para-hydroxylation sites is 1. The molecule has 5 heteroatoms. The summed E-state index contributed by atoms with van der Waals surface area (Å²) in [5.41, 5.74) is 4.24. The number of benzene rings is 2. The van der Waals surface area contributed by atoms with Crippen molar-refractivity contribution in [1.29, 1.82) is 0 Å². The Hall–Kier alpha value is -3.34. The molecule has 0 saturated carbocycles. The summed E-state index contributed by atoms with van der Waals surface area (Å²) < 4.78 is 1.79. The van der Waals surface area contributed by atoms with E-state index in [-0.39, 0.29) is 5.91 Å². The van der Waals surface area contributed by atoms with Crippen LogP contribution in [0.25, 0.3) is 16.6 Å². The van der Waals surface area contributed by atoms with Crippen molar-refractivity contribution in [3.8, 4) is 5.69 Å². The number of nitrogens with zero attached hydrogens (tertiary/aromatic N) is 2. The van der Waals surface area contributed by atoms with Crippen molar-refractivity contribution in [2.75, 3.05) is 6.54 Å². The van der Waals surface area contributed by atoms with Crippen molar-refractivity contribution in [2.24, 2.45) is 0 Å². The minimum atomic E-state index is 0.0142. The summed E-state index contributed by atoms with van der Waals surface area (Å²) in [6.45, 7) is 0.627. The monoisotopic (exact) mass is 344 g/mol. The number of carbonyl (C=O) groups is 1. The number of H-pyrrole nitrogens is 1. The van der Waals surface area contributed by atoms with E-state index in [2.05, 4.69) is 39.7 Å². The molecule has 5 nitrogen and oxygen atoms in total. The topological polar surface area (TPSA) is 62.7 Å². The third kappa shape index (κ3) is 3.67. The van der Waals surface area contributed by atoms with E-state index < -0.39 is 0 Å². The molecule has 0 aliphatic heterocycles. The molecule has 2 aromatic heterocycles. The first-order valence-corrected chi connectivity index (χ1v) is 8.70. The van der Waals surface area contributed by atoms with Crippen molar-refractivity contribution in [1.82, 2.24) is 20.1 Å². The summed E-state index contributed by atoms with van der Waals surface area (Å²) in [6, 6.07) is 18.2. The fourth-order valence-corrected chi connectivity index (χ4v) is 3.03. The molecular weight excluding hydrogens is 324 g/mol. The average molecular weight is 344 g/mol. The Morgan fingerprint density at radius 3 is 2.85 bits per heavy atom. The number of nitrogens with one attached hydrogen (secondary N) is 2. The lowest BCUT2D eigenvalue weighted by Crippen LogP contribution is -2.27. The van der Waals surface area contributed by atoms with Gasteiger partial charge in [0.1, 0.15) is 0 Å². The summed E-state index contributed by atoms with van der Waals surface area (Å²) in [7, 11) is 0. The highest BCUT2D eigenvalue weighted by molar-refractivity contribution is 5.80. The maximum atomic E-state index is 12.2. The Morgan fingerprint density at radius 1 is 1.08 bits per heavy atom. The Labute approximate surface area is 151 Å². The molecule has 26 heavy (non-hydrogen) atoms. The van der Waals surface area contributed by atoms with Crippen LogP contribution in [-0.4, -0.2) is 27.2 Å². The van der Waals surface area contributed by atoms with Gasteiger partial charge in [0.2, 0.25) is 5.91 Å². The van der Waals surface area contributed by atoms with Gasteiger partial charge in [-0.15, -0.1) is 0 Å². The van der Waals surface area contributed by atoms with Crippen LogP contribution in [0.2, 0.25) is 0 Å². The van der Waals surface area contributed by atoms with Gasteiger partial charge in [0.15, 0.2) is 0 Å². The molecule has 0 saturated heterocycles. The molecule has 0 bridgehead atoms. The fourth-order valence-electron chi connectivity index (χ4n) is 3.03. The van der Waals surface area contributed by atoms with Gasteiger partial charge >= 0.3 is 0 Å². The highest BCUT2D eigenvalue weighted by atomic mass is 16.1. The number of hydrogen-bond donors (Lipinski definition) is 2. The number of rotatable bonds is 6. The minimum Gasteiger partial charge on any atom is -0.361 e. The van der Waals surface area contributed by atoms with Crippen LogP contribution in [0.15, 0.2) is 73.2 Å². The number of aromatic nitrogens is 3. The Balaban J connectivity index is 1.29. The molecule has 0 aliphatic rings. The fraction of sp³-hybridized carbons (Fsp3) is 0.143. The summed E-state index contributed by atoms with van der Waals surface area (Å²) in [4.78, 5) is 15.4.